The predicted octanol–water partition coefficient (Wildman–Crippen LogP) is 2.97. The van der Waals surface area contributed by atoms with Crippen LogP contribution in [0.3, 0.4) is 0 Å². The summed E-state index contributed by atoms with van der Waals surface area (Å²) in [6, 6.07) is 14.4. The number of benzene rings is 1. The molecule has 2 aliphatic rings. The Balaban J connectivity index is 1.38. The second kappa shape index (κ2) is 7.08. The standard InChI is InChI=1S/C21H25N3O2/c1-26-20(25)18-7-8-19(22-13-18)24-12-10-21(16-24)9-11-23(15-21)14-17-5-3-2-4-6-17/h2-8,13H,9-12,14-16H2,1H3. The van der Waals surface area contributed by atoms with E-state index in [2.05, 4.69) is 45.1 Å². The Kier molecular flexibility index (Phi) is 4.64. The molecule has 0 bridgehead atoms. The van der Waals surface area contributed by atoms with Crippen LogP contribution in [0.15, 0.2) is 48.7 Å². The Labute approximate surface area is 154 Å². The predicted molar refractivity (Wildman–Crippen MR) is 101 cm³/mol. The first-order valence-corrected chi connectivity index (χ1v) is 9.23. The van der Waals surface area contributed by atoms with Crippen molar-refractivity contribution in [2.75, 3.05) is 38.2 Å². The van der Waals surface area contributed by atoms with Gasteiger partial charge in [-0.3, -0.25) is 4.90 Å². The molecule has 4 rings (SSSR count). The lowest BCUT2D eigenvalue weighted by atomic mass is 9.86. The number of hydrogen-bond acceptors (Lipinski definition) is 5. The summed E-state index contributed by atoms with van der Waals surface area (Å²) in [7, 11) is 1.39. The summed E-state index contributed by atoms with van der Waals surface area (Å²) >= 11 is 0. The number of methoxy groups -OCH3 is 1. The maximum absolute atomic E-state index is 11.6. The van der Waals surface area contributed by atoms with Crippen molar-refractivity contribution in [3.8, 4) is 0 Å². The number of carbonyl (C=O) groups excluding carboxylic acids is 1. The summed E-state index contributed by atoms with van der Waals surface area (Å²) in [5, 5.41) is 0. The molecule has 5 heteroatoms. The molecule has 2 fully saturated rings. The molecular weight excluding hydrogens is 326 g/mol. The summed E-state index contributed by atoms with van der Waals surface area (Å²) < 4.78 is 4.74. The lowest BCUT2D eigenvalue weighted by Gasteiger charge is -2.25. The van der Waals surface area contributed by atoms with E-state index < -0.39 is 0 Å². The molecule has 1 atom stereocenters. The Morgan fingerprint density at radius 3 is 2.65 bits per heavy atom. The van der Waals surface area contributed by atoms with Gasteiger partial charge in [-0.1, -0.05) is 30.3 Å². The van der Waals surface area contributed by atoms with Crippen LogP contribution in [0.2, 0.25) is 0 Å². The van der Waals surface area contributed by atoms with E-state index in [9.17, 15) is 4.79 Å². The van der Waals surface area contributed by atoms with Gasteiger partial charge in [-0.05, 0) is 37.1 Å². The molecule has 0 amide bonds. The SMILES string of the molecule is COC(=O)c1ccc(N2CCC3(CCN(Cc4ccccc4)C3)C2)nc1. The van der Waals surface area contributed by atoms with Gasteiger partial charge < -0.3 is 9.64 Å². The van der Waals surface area contributed by atoms with Crippen molar-refractivity contribution in [2.45, 2.75) is 19.4 Å². The number of ether oxygens (including phenoxy) is 1. The number of rotatable bonds is 4. The minimum Gasteiger partial charge on any atom is -0.465 e. The van der Waals surface area contributed by atoms with Crippen LogP contribution in [0.5, 0.6) is 0 Å². The van der Waals surface area contributed by atoms with Crippen molar-refractivity contribution in [2.24, 2.45) is 5.41 Å². The lowest BCUT2D eigenvalue weighted by molar-refractivity contribution is 0.0600. The molecule has 0 radical (unpaired) electrons. The number of pyridine rings is 1. The second-order valence-electron chi connectivity index (χ2n) is 7.51. The van der Waals surface area contributed by atoms with Gasteiger partial charge in [-0.15, -0.1) is 0 Å². The molecule has 5 nitrogen and oxygen atoms in total. The first-order chi connectivity index (χ1) is 12.7. The van der Waals surface area contributed by atoms with Crippen LogP contribution in [0.25, 0.3) is 0 Å². The molecule has 0 N–H and O–H groups in total. The van der Waals surface area contributed by atoms with Crippen molar-refractivity contribution in [3.63, 3.8) is 0 Å². The Morgan fingerprint density at radius 2 is 1.92 bits per heavy atom. The molecule has 2 saturated heterocycles. The Morgan fingerprint density at radius 1 is 1.12 bits per heavy atom. The highest BCUT2D eigenvalue weighted by Gasteiger charge is 2.43. The van der Waals surface area contributed by atoms with E-state index in [1.54, 1.807) is 12.3 Å². The lowest BCUT2D eigenvalue weighted by Crippen LogP contribution is -2.31. The van der Waals surface area contributed by atoms with Crippen molar-refractivity contribution >= 4 is 11.8 Å². The van der Waals surface area contributed by atoms with E-state index >= 15 is 0 Å². The fraction of sp³-hybridized carbons (Fsp3) is 0.429. The summed E-state index contributed by atoms with van der Waals surface area (Å²) in [5.41, 5.74) is 2.26. The monoisotopic (exact) mass is 351 g/mol. The molecule has 2 aliphatic heterocycles. The van der Waals surface area contributed by atoms with E-state index in [1.807, 2.05) is 6.07 Å². The number of esters is 1. The minimum absolute atomic E-state index is 0.339. The highest BCUT2D eigenvalue weighted by atomic mass is 16.5. The zero-order valence-corrected chi connectivity index (χ0v) is 15.2. The smallest absolute Gasteiger partial charge is 0.339 e. The first-order valence-electron chi connectivity index (χ1n) is 9.23. The molecule has 3 heterocycles. The largest absolute Gasteiger partial charge is 0.465 e. The van der Waals surface area contributed by atoms with Crippen LogP contribution in [-0.4, -0.2) is 49.1 Å². The van der Waals surface area contributed by atoms with Crippen molar-refractivity contribution in [1.29, 1.82) is 0 Å². The van der Waals surface area contributed by atoms with Crippen molar-refractivity contribution in [1.82, 2.24) is 9.88 Å². The van der Waals surface area contributed by atoms with Gasteiger partial charge in [-0.2, -0.15) is 0 Å². The Bertz CT molecular complexity index is 763. The van der Waals surface area contributed by atoms with Crippen LogP contribution in [0.4, 0.5) is 5.82 Å². The van der Waals surface area contributed by atoms with Gasteiger partial charge in [0.15, 0.2) is 0 Å². The van der Waals surface area contributed by atoms with Crippen LogP contribution in [0, 0.1) is 5.41 Å². The molecule has 1 unspecified atom stereocenters. The van der Waals surface area contributed by atoms with Crippen LogP contribution >= 0.6 is 0 Å². The zero-order valence-electron chi connectivity index (χ0n) is 15.2. The zero-order chi connectivity index (χ0) is 18.0. The third-order valence-corrected chi connectivity index (χ3v) is 5.70. The van der Waals surface area contributed by atoms with Crippen LogP contribution < -0.4 is 4.90 Å². The van der Waals surface area contributed by atoms with Crippen molar-refractivity contribution < 1.29 is 9.53 Å². The molecule has 1 spiro atoms. The van der Waals surface area contributed by atoms with Gasteiger partial charge in [0.05, 0.1) is 12.7 Å². The van der Waals surface area contributed by atoms with E-state index in [-0.39, 0.29) is 5.97 Å². The normalized spacial score (nSPS) is 22.9. The molecule has 0 aliphatic carbocycles. The highest BCUT2D eigenvalue weighted by molar-refractivity contribution is 5.89. The molecular formula is C21H25N3O2. The molecule has 1 aromatic heterocycles. The summed E-state index contributed by atoms with van der Waals surface area (Å²) in [4.78, 5) is 21.0. The molecule has 2 aromatic rings. The summed E-state index contributed by atoms with van der Waals surface area (Å²) in [6.45, 7) is 5.43. The average molecular weight is 351 g/mol. The number of carbonyl (C=O) groups is 1. The number of anilines is 1. The van der Waals surface area contributed by atoms with Crippen molar-refractivity contribution in [3.05, 3.63) is 59.8 Å². The quantitative estimate of drug-likeness (QED) is 0.793. The highest BCUT2D eigenvalue weighted by Crippen LogP contribution is 2.41. The van der Waals surface area contributed by atoms with Crippen LogP contribution in [-0.2, 0) is 11.3 Å². The number of aromatic nitrogens is 1. The number of hydrogen-bond donors (Lipinski definition) is 0. The van der Waals surface area contributed by atoms with Gasteiger partial charge in [0.1, 0.15) is 5.82 Å². The topological polar surface area (TPSA) is 45.7 Å². The Hall–Kier alpha value is -2.40. The molecule has 0 saturated carbocycles. The fourth-order valence-corrected chi connectivity index (χ4v) is 4.28. The molecule has 1 aromatic carbocycles. The summed E-state index contributed by atoms with van der Waals surface area (Å²) in [5.74, 6) is 0.616. The fourth-order valence-electron chi connectivity index (χ4n) is 4.28. The average Bonchev–Trinajstić information content (AvgIpc) is 3.29. The minimum atomic E-state index is -0.339. The second-order valence-corrected chi connectivity index (χ2v) is 7.51. The van der Waals surface area contributed by atoms with Gasteiger partial charge in [0.25, 0.3) is 0 Å². The van der Waals surface area contributed by atoms with E-state index in [0.717, 1.165) is 38.5 Å². The van der Waals surface area contributed by atoms with Gasteiger partial charge in [0, 0.05) is 37.8 Å². The van der Waals surface area contributed by atoms with E-state index in [4.69, 9.17) is 4.74 Å². The number of likely N-dealkylation sites (tertiary alicyclic amines) is 1. The maximum Gasteiger partial charge on any atom is 0.339 e. The molecule has 136 valence electrons. The summed E-state index contributed by atoms with van der Waals surface area (Å²) in [6.07, 6.45) is 4.07. The van der Waals surface area contributed by atoms with Gasteiger partial charge in [0.2, 0.25) is 0 Å². The molecule has 26 heavy (non-hydrogen) atoms. The maximum atomic E-state index is 11.6. The first kappa shape index (κ1) is 17.0. The number of nitrogens with zero attached hydrogens (tertiary/aromatic N) is 3. The van der Waals surface area contributed by atoms with Gasteiger partial charge in [-0.25, -0.2) is 9.78 Å². The van der Waals surface area contributed by atoms with Crippen LogP contribution in [0.1, 0.15) is 28.8 Å². The third kappa shape index (κ3) is 3.44. The van der Waals surface area contributed by atoms with Gasteiger partial charge >= 0.3 is 5.97 Å². The third-order valence-electron chi connectivity index (χ3n) is 5.70. The van der Waals surface area contributed by atoms with E-state index in [1.165, 1.54) is 25.5 Å². The van der Waals surface area contributed by atoms with E-state index in [0.29, 0.717) is 11.0 Å².